The molecule has 0 saturated heterocycles. The van der Waals surface area contributed by atoms with Crippen LogP contribution in [0.4, 0.5) is 0 Å². The first-order valence-electron chi connectivity index (χ1n) is 6.76. The number of halogens is 2. The molecule has 0 radical (unpaired) electrons. The van der Waals surface area contributed by atoms with Crippen LogP contribution in [0.1, 0.15) is 5.69 Å². The van der Waals surface area contributed by atoms with E-state index in [0.29, 0.717) is 17.1 Å². The zero-order valence-electron chi connectivity index (χ0n) is 12.1. The van der Waals surface area contributed by atoms with Crippen LogP contribution in [0.25, 0.3) is 11.5 Å². The molecule has 24 heavy (non-hydrogen) atoms. The van der Waals surface area contributed by atoms with Gasteiger partial charge in [-0.05, 0) is 24.3 Å². The minimum Gasteiger partial charge on any atom is -0.463 e. The van der Waals surface area contributed by atoms with E-state index < -0.39 is 10.0 Å². The Morgan fingerprint density at radius 3 is 2.42 bits per heavy atom. The monoisotopic (exact) mass is 383 g/mol. The second kappa shape index (κ2) is 6.90. The van der Waals surface area contributed by atoms with Crippen LogP contribution >= 0.6 is 23.2 Å². The summed E-state index contributed by atoms with van der Waals surface area (Å²) in [6.07, 6.45) is 4.47. The number of nitrogens with zero attached hydrogens (tertiary/aromatic N) is 2. The van der Waals surface area contributed by atoms with Gasteiger partial charge in [0.25, 0.3) is 0 Å². The van der Waals surface area contributed by atoms with Crippen LogP contribution in [0.2, 0.25) is 10.0 Å². The van der Waals surface area contributed by atoms with E-state index in [1.807, 2.05) is 0 Å². The van der Waals surface area contributed by atoms with Gasteiger partial charge in [-0.25, -0.2) is 18.1 Å². The Bertz CT molecular complexity index is 940. The molecule has 3 rings (SSSR count). The Morgan fingerprint density at radius 2 is 1.75 bits per heavy atom. The molecule has 1 N–H and O–H groups in total. The lowest BCUT2D eigenvalue weighted by Gasteiger charge is -2.10. The number of nitrogens with one attached hydrogen (secondary N) is 1. The first kappa shape index (κ1) is 16.9. The quantitative estimate of drug-likeness (QED) is 0.728. The lowest BCUT2D eigenvalue weighted by Crippen LogP contribution is -2.25. The Balaban J connectivity index is 1.89. The Hall–Kier alpha value is -1.93. The summed E-state index contributed by atoms with van der Waals surface area (Å²) >= 11 is 11.9. The van der Waals surface area contributed by atoms with E-state index in [1.165, 1.54) is 30.8 Å². The molecule has 0 saturated carbocycles. The van der Waals surface area contributed by atoms with Crippen molar-refractivity contribution in [1.82, 2.24) is 14.7 Å². The highest BCUT2D eigenvalue weighted by Crippen LogP contribution is 2.29. The van der Waals surface area contributed by atoms with E-state index in [9.17, 15) is 8.42 Å². The molecule has 0 aliphatic carbocycles. The number of aromatic nitrogens is 2. The third-order valence-electron chi connectivity index (χ3n) is 3.15. The summed E-state index contributed by atoms with van der Waals surface area (Å²) in [7, 11) is -3.92. The zero-order chi connectivity index (χ0) is 17.2. The van der Waals surface area contributed by atoms with Gasteiger partial charge in [-0.3, -0.25) is 4.98 Å². The van der Waals surface area contributed by atoms with Gasteiger partial charge in [-0.2, -0.15) is 0 Å². The third kappa shape index (κ3) is 3.44. The summed E-state index contributed by atoms with van der Waals surface area (Å²) in [6.45, 7) is -0.0895. The standard InChI is InChI=1S/C15H11Cl2N3O3S/c16-10-3-1-4-11(17)15(10)24(21,22)20-9-12-14(19-7-6-18-12)13-5-2-8-23-13/h1-8,20H,9H2. The summed E-state index contributed by atoms with van der Waals surface area (Å²) in [5, 5.41) is 0.0841. The van der Waals surface area contributed by atoms with E-state index in [-0.39, 0.29) is 21.5 Å². The van der Waals surface area contributed by atoms with Crippen molar-refractivity contribution in [3.8, 4) is 11.5 Å². The van der Waals surface area contributed by atoms with Crippen molar-refractivity contribution in [2.24, 2.45) is 0 Å². The van der Waals surface area contributed by atoms with Crippen molar-refractivity contribution in [3.63, 3.8) is 0 Å². The average Bonchev–Trinajstić information content (AvgIpc) is 3.07. The van der Waals surface area contributed by atoms with Gasteiger partial charge in [0.1, 0.15) is 10.6 Å². The number of hydrogen-bond acceptors (Lipinski definition) is 5. The molecule has 0 bridgehead atoms. The maximum absolute atomic E-state index is 12.5. The minimum atomic E-state index is -3.92. The van der Waals surface area contributed by atoms with Crippen LogP contribution in [0.3, 0.4) is 0 Å². The summed E-state index contributed by atoms with van der Waals surface area (Å²) in [5.74, 6) is 0.494. The highest BCUT2D eigenvalue weighted by molar-refractivity contribution is 7.89. The molecule has 0 spiro atoms. The van der Waals surface area contributed by atoms with Crippen molar-refractivity contribution in [1.29, 1.82) is 0 Å². The molecule has 0 aliphatic heterocycles. The van der Waals surface area contributed by atoms with Gasteiger partial charge in [0, 0.05) is 12.4 Å². The molecule has 0 unspecified atom stereocenters. The lowest BCUT2D eigenvalue weighted by molar-refractivity contribution is 0.573. The molecule has 0 atom stereocenters. The van der Waals surface area contributed by atoms with Crippen molar-refractivity contribution in [3.05, 3.63) is 64.7 Å². The SMILES string of the molecule is O=S(=O)(NCc1nccnc1-c1ccco1)c1c(Cl)cccc1Cl. The van der Waals surface area contributed by atoms with Gasteiger partial charge in [0.15, 0.2) is 5.76 Å². The second-order valence-electron chi connectivity index (χ2n) is 4.70. The van der Waals surface area contributed by atoms with E-state index >= 15 is 0 Å². The number of rotatable bonds is 5. The molecule has 2 heterocycles. The maximum atomic E-state index is 12.5. The molecular formula is C15H11Cl2N3O3S. The summed E-state index contributed by atoms with van der Waals surface area (Å²) in [5.41, 5.74) is 0.870. The smallest absolute Gasteiger partial charge is 0.243 e. The molecule has 0 fully saturated rings. The van der Waals surface area contributed by atoms with Crippen molar-refractivity contribution >= 4 is 33.2 Å². The molecule has 6 nitrogen and oxygen atoms in total. The van der Waals surface area contributed by atoms with Crippen LogP contribution < -0.4 is 4.72 Å². The molecule has 9 heteroatoms. The van der Waals surface area contributed by atoms with Gasteiger partial charge < -0.3 is 4.42 Å². The summed E-state index contributed by atoms with van der Waals surface area (Å²) in [6, 6.07) is 7.91. The maximum Gasteiger partial charge on any atom is 0.243 e. The predicted octanol–water partition coefficient (Wildman–Crippen LogP) is 3.52. The topological polar surface area (TPSA) is 85.1 Å². The number of furan rings is 1. The predicted molar refractivity (Wildman–Crippen MR) is 90.2 cm³/mol. The van der Waals surface area contributed by atoms with Crippen molar-refractivity contribution < 1.29 is 12.8 Å². The number of hydrogen-bond donors (Lipinski definition) is 1. The summed E-state index contributed by atoms with van der Waals surface area (Å²) in [4.78, 5) is 8.18. The molecule has 1 aromatic carbocycles. The van der Waals surface area contributed by atoms with Crippen LogP contribution in [0, 0.1) is 0 Å². The second-order valence-corrected chi connectivity index (χ2v) is 7.22. The largest absolute Gasteiger partial charge is 0.463 e. The van der Waals surface area contributed by atoms with Gasteiger partial charge in [0.2, 0.25) is 10.0 Å². The first-order valence-corrected chi connectivity index (χ1v) is 9.00. The molecule has 3 aromatic rings. The normalized spacial score (nSPS) is 11.6. The van der Waals surface area contributed by atoms with Crippen LogP contribution in [-0.4, -0.2) is 18.4 Å². The van der Waals surface area contributed by atoms with Crippen LogP contribution in [-0.2, 0) is 16.6 Å². The van der Waals surface area contributed by atoms with E-state index in [1.54, 1.807) is 18.2 Å². The Morgan fingerprint density at radius 1 is 1.04 bits per heavy atom. The average molecular weight is 384 g/mol. The molecule has 124 valence electrons. The van der Waals surface area contributed by atoms with E-state index in [0.717, 1.165) is 0 Å². The van der Waals surface area contributed by atoms with Crippen molar-refractivity contribution in [2.45, 2.75) is 11.4 Å². The number of benzene rings is 1. The van der Waals surface area contributed by atoms with Crippen molar-refractivity contribution in [2.75, 3.05) is 0 Å². The minimum absolute atomic E-state index is 0.0420. The van der Waals surface area contributed by atoms with Gasteiger partial charge in [-0.15, -0.1) is 0 Å². The Labute approximate surface area is 148 Å². The molecule has 2 aromatic heterocycles. The lowest BCUT2D eigenvalue weighted by atomic mass is 10.2. The van der Waals surface area contributed by atoms with Crippen LogP contribution in [0.15, 0.2) is 58.3 Å². The first-order chi connectivity index (χ1) is 11.5. The van der Waals surface area contributed by atoms with E-state index in [4.69, 9.17) is 27.6 Å². The van der Waals surface area contributed by atoms with Gasteiger partial charge in [0.05, 0.1) is 28.5 Å². The highest BCUT2D eigenvalue weighted by Gasteiger charge is 2.22. The number of sulfonamides is 1. The summed E-state index contributed by atoms with van der Waals surface area (Å²) < 4.78 is 32.7. The molecular weight excluding hydrogens is 373 g/mol. The van der Waals surface area contributed by atoms with E-state index in [2.05, 4.69) is 14.7 Å². The third-order valence-corrected chi connectivity index (χ3v) is 5.50. The Kier molecular flexibility index (Phi) is 4.86. The fraction of sp³-hybridized carbons (Fsp3) is 0.0667. The molecule has 0 aliphatic rings. The van der Waals surface area contributed by atoms with Crippen LogP contribution in [0.5, 0.6) is 0 Å². The van der Waals surface area contributed by atoms with Gasteiger partial charge in [-0.1, -0.05) is 29.3 Å². The zero-order valence-corrected chi connectivity index (χ0v) is 14.4. The fourth-order valence-electron chi connectivity index (χ4n) is 2.09. The highest BCUT2D eigenvalue weighted by atomic mass is 35.5. The fourth-order valence-corrected chi connectivity index (χ4v) is 4.22. The van der Waals surface area contributed by atoms with Gasteiger partial charge >= 0.3 is 0 Å². The molecule has 0 amide bonds.